The van der Waals surface area contributed by atoms with Crippen LogP contribution >= 0.6 is 0 Å². The van der Waals surface area contributed by atoms with Gasteiger partial charge in [0.2, 0.25) is 0 Å². The molecule has 1 saturated heterocycles. The number of aromatic nitrogens is 4. The van der Waals surface area contributed by atoms with Gasteiger partial charge in [0.15, 0.2) is 5.82 Å². The molecule has 25 heavy (non-hydrogen) atoms. The minimum Gasteiger partial charge on any atom is -0.369 e. The van der Waals surface area contributed by atoms with E-state index in [1.54, 1.807) is 0 Å². The van der Waals surface area contributed by atoms with Gasteiger partial charge in [-0.05, 0) is 38.6 Å². The van der Waals surface area contributed by atoms with Gasteiger partial charge in [0, 0.05) is 44.0 Å². The van der Waals surface area contributed by atoms with E-state index >= 15 is 0 Å². The molecule has 0 bridgehead atoms. The molecule has 3 aromatic rings. The van der Waals surface area contributed by atoms with E-state index < -0.39 is 0 Å². The van der Waals surface area contributed by atoms with E-state index in [2.05, 4.69) is 64.7 Å². The molecule has 3 heterocycles. The first-order chi connectivity index (χ1) is 12.0. The summed E-state index contributed by atoms with van der Waals surface area (Å²) in [5.74, 6) is 1.85. The van der Waals surface area contributed by atoms with Gasteiger partial charge in [-0.15, -0.1) is 0 Å². The normalized spacial score (nSPS) is 16.1. The lowest BCUT2D eigenvalue weighted by molar-refractivity contribution is 0.313. The van der Waals surface area contributed by atoms with Crippen LogP contribution < -0.4 is 4.90 Å². The van der Waals surface area contributed by atoms with Crippen molar-refractivity contribution in [3.05, 3.63) is 29.2 Å². The van der Waals surface area contributed by atoms with Crippen molar-refractivity contribution in [3.8, 4) is 11.5 Å². The van der Waals surface area contributed by atoms with E-state index in [1.165, 1.54) is 11.3 Å². The van der Waals surface area contributed by atoms with E-state index in [4.69, 9.17) is 4.98 Å². The third kappa shape index (κ3) is 2.91. The Kier molecular flexibility index (Phi) is 4.00. The molecule has 6 heteroatoms. The highest BCUT2D eigenvalue weighted by Crippen LogP contribution is 2.28. The highest BCUT2D eigenvalue weighted by atomic mass is 15.2. The lowest BCUT2D eigenvalue weighted by atomic mass is 10.1. The zero-order valence-corrected chi connectivity index (χ0v) is 15.5. The topological polar surface area (TPSA) is 63.8 Å². The molecule has 1 fully saturated rings. The maximum absolute atomic E-state index is 4.82. The smallest absolute Gasteiger partial charge is 0.159 e. The van der Waals surface area contributed by atoms with E-state index in [0.717, 1.165) is 66.7 Å². The summed E-state index contributed by atoms with van der Waals surface area (Å²) in [6.07, 6.45) is 0.896. The van der Waals surface area contributed by atoms with Crippen molar-refractivity contribution < 1.29 is 0 Å². The van der Waals surface area contributed by atoms with E-state index in [1.807, 2.05) is 0 Å². The quantitative estimate of drug-likeness (QED) is 0.771. The van der Waals surface area contributed by atoms with Gasteiger partial charge in [-0.2, -0.15) is 0 Å². The maximum atomic E-state index is 4.82. The zero-order chi connectivity index (χ0) is 17.6. The monoisotopic (exact) mass is 338 g/mol. The number of fused-ring (bicyclic) bond motifs is 1. The average Bonchev–Trinajstić information content (AvgIpc) is 3.18. The summed E-state index contributed by atoms with van der Waals surface area (Å²) < 4.78 is 0. The largest absolute Gasteiger partial charge is 0.369 e. The van der Waals surface area contributed by atoms with Crippen LogP contribution in [0, 0.1) is 13.8 Å². The molecule has 0 spiro atoms. The molecular weight excluding hydrogens is 312 g/mol. The summed E-state index contributed by atoms with van der Waals surface area (Å²) in [7, 11) is 2.18. The van der Waals surface area contributed by atoms with Crippen molar-refractivity contribution in [1.29, 1.82) is 0 Å². The maximum Gasteiger partial charge on any atom is 0.159 e. The molecule has 2 aromatic heterocycles. The molecule has 0 aliphatic carbocycles. The number of aryl methyl sites for hydroxylation is 3. The molecule has 1 aliphatic heterocycles. The van der Waals surface area contributed by atoms with Crippen LogP contribution in [0.15, 0.2) is 12.1 Å². The SMILES string of the molecule is CCc1nc(-c2nc3c(C)cc(N4CCN(C)CC4)cc3[nH]2)c(C)[nH]1. The first kappa shape index (κ1) is 16.1. The summed E-state index contributed by atoms with van der Waals surface area (Å²) in [5, 5.41) is 0. The fourth-order valence-corrected chi connectivity index (χ4v) is 3.55. The average molecular weight is 338 g/mol. The number of hydrogen-bond acceptors (Lipinski definition) is 4. The van der Waals surface area contributed by atoms with Gasteiger partial charge in [0.1, 0.15) is 11.5 Å². The number of rotatable bonds is 3. The van der Waals surface area contributed by atoms with Crippen molar-refractivity contribution in [1.82, 2.24) is 24.8 Å². The summed E-state index contributed by atoms with van der Waals surface area (Å²) in [4.78, 5) is 21.2. The number of nitrogens with zero attached hydrogens (tertiary/aromatic N) is 4. The molecule has 1 aliphatic rings. The molecule has 6 nitrogen and oxygen atoms in total. The van der Waals surface area contributed by atoms with Crippen molar-refractivity contribution in [3.63, 3.8) is 0 Å². The second-order valence-electron chi connectivity index (χ2n) is 7.05. The number of hydrogen-bond donors (Lipinski definition) is 2. The van der Waals surface area contributed by atoms with Gasteiger partial charge in [-0.25, -0.2) is 9.97 Å². The van der Waals surface area contributed by atoms with Gasteiger partial charge in [0.05, 0.1) is 11.0 Å². The molecule has 1 aromatic carbocycles. The Morgan fingerprint density at radius 1 is 1.04 bits per heavy atom. The van der Waals surface area contributed by atoms with Crippen LogP contribution in [0.1, 0.15) is 24.0 Å². The summed E-state index contributed by atoms with van der Waals surface area (Å²) >= 11 is 0. The Morgan fingerprint density at radius 2 is 1.80 bits per heavy atom. The standard InChI is InChI=1S/C19H26N6/c1-5-16-20-13(3)18(22-16)19-21-15-11-14(10-12(2)17(15)23-19)25-8-6-24(4)7-9-25/h10-11H,5-9H2,1-4H3,(H,20,22)(H,21,23). The lowest BCUT2D eigenvalue weighted by Gasteiger charge is -2.34. The number of nitrogens with one attached hydrogen (secondary N) is 2. The second-order valence-corrected chi connectivity index (χ2v) is 7.05. The van der Waals surface area contributed by atoms with Gasteiger partial charge >= 0.3 is 0 Å². The van der Waals surface area contributed by atoms with E-state index in [9.17, 15) is 0 Å². The van der Waals surface area contributed by atoms with E-state index in [0.29, 0.717) is 0 Å². The number of anilines is 1. The molecular formula is C19H26N6. The Hall–Kier alpha value is -2.34. The van der Waals surface area contributed by atoms with Crippen LogP contribution in [-0.4, -0.2) is 58.1 Å². The molecule has 132 valence electrons. The second kappa shape index (κ2) is 6.19. The molecule has 0 atom stereocenters. The Bertz CT molecular complexity index is 898. The molecule has 0 unspecified atom stereocenters. The number of imidazole rings is 2. The van der Waals surface area contributed by atoms with Gasteiger partial charge in [0.25, 0.3) is 0 Å². The van der Waals surface area contributed by atoms with Crippen molar-refractivity contribution in [2.45, 2.75) is 27.2 Å². The van der Waals surface area contributed by atoms with Crippen molar-refractivity contribution in [2.24, 2.45) is 0 Å². The third-order valence-corrected chi connectivity index (χ3v) is 5.12. The molecule has 0 saturated carbocycles. The molecule has 0 radical (unpaired) electrons. The Balaban J connectivity index is 1.73. The molecule has 4 rings (SSSR count). The molecule has 2 N–H and O–H groups in total. The summed E-state index contributed by atoms with van der Waals surface area (Å²) in [6, 6.07) is 4.49. The zero-order valence-electron chi connectivity index (χ0n) is 15.5. The predicted octanol–water partition coefficient (Wildman–Crippen LogP) is 2.88. The van der Waals surface area contributed by atoms with Crippen LogP contribution in [0.5, 0.6) is 0 Å². The highest BCUT2D eigenvalue weighted by Gasteiger charge is 2.18. The van der Waals surface area contributed by atoms with Crippen LogP contribution in [0.3, 0.4) is 0 Å². The van der Waals surface area contributed by atoms with Crippen LogP contribution in [-0.2, 0) is 6.42 Å². The van der Waals surface area contributed by atoms with Crippen LogP contribution in [0.25, 0.3) is 22.6 Å². The fraction of sp³-hybridized carbons (Fsp3) is 0.474. The van der Waals surface area contributed by atoms with Crippen molar-refractivity contribution in [2.75, 3.05) is 38.1 Å². The number of likely N-dealkylation sites (N-methyl/N-ethyl adjacent to an activating group) is 1. The van der Waals surface area contributed by atoms with Gasteiger partial charge in [-0.3, -0.25) is 0 Å². The first-order valence-corrected chi connectivity index (χ1v) is 9.05. The number of benzene rings is 1. The minimum atomic E-state index is 0.849. The van der Waals surface area contributed by atoms with Crippen molar-refractivity contribution >= 4 is 16.7 Å². The third-order valence-electron chi connectivity index (χ3n) is 5.12. The number of piperazine rings is 1. The van der Waals surface area contributed by atoms with E-state index in [-0.39, 0.29) is 0 Å². The summed E-state index contributed by atoms with van der Waals surface area (Å²) in [6.45, 7) is 10.7. The number of H-pyrrole nitrogens is 2. The number of aromatic amines is 2. The van der Waals surface area contributed by atoms with Crippen LogP contribution in [0.4, 0.5) is 5.69 Å². The highest BCUT2D eigenvalue weighted by molar-refractivity contribution is 5.85. The fourth-order valence-electron chi connectivity index (χ4n) is 3.55. The summed E-state index contributed by atoms with van der Waals surface area (Å²) in [5.41, 5.74) is 6.60. The Labute approximate surface area is 148 Å². The molecule has 0 amide bonds. The first-order valence-electron chi connectivity index (χ1n) is 9.05. The van der Waals surface area contributed by atoms with Gasteiger partial charge in [-0.1, -0.05) is 6.92 Å². The minimum absolute atomic E-state index is 0.849. The van der Waals surface area contributed by atoms with Crippen LogP contribution in [0.2, 0.25) is 0 Å². The lowest BCUT2D eigenvalue weighted by Crippen LogP contribution is -2.44. The predicted molar refractivity (Wildman–Crippen MR) is 102 cm³/mol. The Morgan fingerprint density at radius 3 is 2.48 bits per heavy atom. The van der Waals surface area contributed by atoms with Gasteiger partial charge < -0.3 is 19.8 Å².